The second-order valence-corrected chi connectivity index (χ2v) is 4.40. The number of hydrogen-bond acceptors (Lipinski definition) is 3. The van der Waals surface area contributed by atoms with E-state index in [1.807, 2.05) is 0 Å². The molecule has 1 atom stereocenters. The molecule has 0 radical (unpaired) electrons. The molecule has 0 aliphatic carbocycles. The van der Waals surface area contributed by atoms with E-state index >= 15 is 0 Å². The number of anilines is 1. The SMILES string of the molecule is O=C(Cl)c1ccccc1N1C(=O)CC(Cl)C1=O. The van der Waals surface area contributed by atoms with Crippen molar-refractivity contribution in [2.45, 2.75) is 11.8 Å². The maximum atomic E-state index is 11.7. The number of amides is 2. The highest BCUT2D eigenvalue weighted by Gasteiger charge is 2.39. The zero-order valence-electron chi connectivity index (χ0n) is 8.52. The Hall–Kier alpha value is -1.39. The van der Waals surface area contributed by atoms with Crippen molar-refractivity contribution in [3.63, 3.8) is 0 Å². The summed E-state index contributed by atoms with van der Waals surface area (Å²) in [6.45, 7) is 0. The molecule has 6 heteroatoms. The summed E-state index contributed by atoms with van der Waals surface area (Å²) in [5.74, 6) is -0.956. The second kappa shape index (κ2) is 4.47. The van der Waals surface area contributed by atoms with Crippen molar-refractivity contribution >= 4 is 45.9 Å². The van der Waals surface area contributed by atoms with Crippen molar-refractivity contribution in [3.05, 3.63) is 29.8 Å². The lowest BCUT2D eigenvalue weighted by atomic mass is 10.2. The Balaban J connectivity index is 2.51. The number of nitrogens with zero attached hydrogens (tertiary/aromatic N) is 1. The quantitative estimate of drug-likeness (QED) is 0.469. The fourth-order valence-corrected chi connectivity index (χ4v) is 2.07. The Morgan fingerprint density at radius 3 is 2.47 bits per heavy atom. The fourth-order valence-electron chi connectivity index (χ4n) is 1.68. The van der Waals surface area contributed by atoms with Gasteiger partial charge in [0.1, 0.15) is 5.38 Å². The third-order valence-electron chi connectivity index (χ3n) is 2.45. The van der Waals surface area contributed by atoms with Gasteiger partial charge in [-0.1, -0.05) is 12.1 Å². The zero-order chi connectivity index (χ0) is 12.6. The molecule has 1 heterocycles. The number of alkyl halides is 1. The van der Waals surface area contributed by atoms with Crippen LogP contribution < -0.4 is 4.90 Å². The van der Waals surface area contributed by atoms with Crippen LogP contribution >= 0.6 is 23.2 Å². The first-order valence-electron chi connectivity index (χ1n) is 4.82. The molecule has 0 aromatic heterocycles. The van der Waals surface area contributed by atoms with Crippen LogP contribution in [0, 0.1) is 0 Å². The fraction of sp³-hybridized carbons (Fsp3) is 0.182. The number of benzene rings is 1. The van der Waals surface area contributed by atoms with Crippen molar-refractivity contribution < 1.29 is 14.4 Å². The first-order chi connectivity index (χ1) is 8.02. The van der Waals surface area contributed by atoms with Crippen molar-refractivity contribution in [2.75, 3.05) is 4.90 Å². The van der Waals surface area contributed by atoms with Gasteiger partial charge in [-0.15, -0.1) is 11.6 Å². The van der Waals surface area contributed by atoms with Crippen LogP contribution in [0.25, 0.3) is 0 Å². The average Bonchev–Trinajstić information content (AvgIpc) is 2.53. The number of carbonyl (C=O) groups is 3. The monoisotopic (exact) mass is 271 g/mol. The molecule has 17 heavy (non-hydrogen) atoms. The summed E-state index contributed by atoms with van der Waals surface area (Å²) in [5.41, 5.74) is 0.298. The third kappa shape index (κ3) is 2.06. The highest BCUT2D eigenvalue weighted by atomic mass is 35.5. The Morgan fingerprint density at radius 1 is 1.29 bits per heavy atom. The molecule has 1 aromatic rings. The van der Waals surface area contributed by atoms with Gasteiger partial charge in [-0.3, -0.25) is 14.4 Å². The Labute approximate surface area is 107 Å². The van der Waals surface area contributed by atoms with E-state index in [2.05, 4.69) is 0 Å². The van der Waals surface area contributed by atoms with Gasteiger partial charge in [-0.05, 0) is 23.7 Å². The molecule has 0 bridgehead atoms. The molecular weight excluding hydrogens is 265 g/mol. The molecule has 1 fully saturated rings. The summed E-state index contributed by atoms with van der Waals surface area (Å²) in [6, 6.07) is 6.15. The van der Waals surface area contributed by atoms with Gasteiger partial charge >= 0.3 is 0 Å². The molecule has 0 spiro atoms. The standard InChI is InChI=1S/C11H7Cl2NO3/c12-7-5-9(15)14(11(7)17)8-4-2-1-3-6(8)10(13)16/h1-4,7H,5H2. The molecule has 88 valence electrons. The highest BCUT2D eigenvalue weighted by molar-refractivity contribution is 6.68. The van der Waals surface area contributed by atoms with Gasteiger partial charge in [0.05, 0.1) is 17.7 Å². The maximum absolute atomic E-state index is 11.7. The molecule has 2 amide bonds. The predicted molar refractivity (Wildman–Crippen MR) is 63.4 cm³/mol. The van der Waals surface area contributed by atoms with Gasteiger partial charge in [0.2, 0.25) is 5.91 Å². The van der Waals surface area contributed by atoms with Crippen LogP contribution in [0.3, 0.4) is 0 Å². The van der Waals surface area contributed by atoms with Crippen LogP contribution in [0.5, 0.6) is 0 Å². The van der Waals surface area contributed by atoms with Gasteiger partial charge in [0, 0.05) is 0 Å². The molecule has 2 rings (SSSR count). The van der Waals surface area contributed by atoms with E-state index in [0.717, 1.165) is 4.90 Å². The van der Waals surface area contributed by atoms with Crippen LogP contribution in [0.4, 0.5) is 5.69 Å². The van der Waals surface area contributed by atoms with E-state index in [1.54, 1.807) is 12.1 Å². The Kier molecular flexibility index (Phi) is 3.17. The topological polar surface area (TPSA) is 54.5 Å². The molecule has 1 saturated heterocycles. The van der Waals surface area contributed by atoms with E-state index in [4.69, 9.17) is 23.2 Å². The summed E-state index contributed by atoms with van der Waals surface area (Å²) in [6.07, 6.45) is -0.0643. The molecule has 1 unspecified atom stereocenters. The van der Waals surface area contributed by atoms with Gasteiger partial charge < -0.3 is 0 Å². The van der Waals surface area contributed by atoms with Crippen LogP contribution in [0.2, 0.25) is 0 Å². The first kappa shape index (κ1) is 12.1. The van der Waals surface area contributed by atoms with Crippen molar-refractivity contribution in [1.82, 2.24) is 0 Å². The van der Waals surface area contributed by atoms with Crippen LogP contribution in [0.15, 0.2) is 24.3 Å². The summed E-state index contributed by atoms with van der Waals surface area (Å²) < 4.78 is 0. The van der Waals surface area contributed by atoms with E-state index in [9.17, 15) is 14.4 Å². The average molecular weight is 272 g/mol. The van der Waals surface area contributed by atoms with Gasteiger partial charge in [-0.2, -0.15) is 0 Å². The predicted octanol–water partition coefficient (Wildman–Crippen LogP) is 1.94. The van der Waals surface area contributed by atoms with Crippen LogP contribution in [-0.2, 0) is 9.59 Å². The third-order valence-corrected chi connectivity index (χ3v) is 2.99. The summed E-state index contributed by atoms with van der Waals surface area (Å²) >= 11 is 11.1. The highest BCUT2D eigenvalue weighted by Crippen LogP contribution is 2.29. The molecule has 1 aromatic carbocycles. The van der Waals surface area contributed by atoms with Crippen LogP contribution in [-0.4, -0.2) is 22.4 Å². The Morgan fingerprint density at radius 2 is 1.94 bits per heavy atom. The number of para-hydroxylation sites is 1. The van der Waals surface area contributed by atoms with E-state index < -0.39 is 22.4 Å². The van der Waals surface area contributed by atoms with E-state index in [1.165, 1.54) is 12.1 Å². The molecule has 0 saturated carbocycles. The molecule has 0 N–H and O–H groups in total. The van der Waals surface area contributed by atoms with Gasteiger partial charge in [-0.25, -0.2) is 4.90 Å². The number of imide groups is 1. The number of halogens is 2. The van der Waals surface area contributed by atoms with Gasteiger partial charge in [0.25, 0.3) is 11.1 Å². The first-order valence-corrected chi connectivity index (χ1v) is 5.63. The molecule has 1 aliphatic rings. The summed E-state index contributed by atoms with van der Waals surface area (Å²) in [5, 5.41) is -1.60. The largest absolute Gasteiger partial charge is 0.276 e. The lowest BCUT2D eigenvalue weighted by Gasteiger charge is -2.16. The van der Waals surface area contributed by atoms with E-state index in [0.29, 0.717) is 0 Å². The smallest absolute Gasteiger partial charge is 0.254 e. The summed E-state index contributed by atoms with van der Waals surface area (Å²) in [7, 11) is 0. The van der Waals surface area contributed by atoms with Crippen LogP contribution in [0.1, 0.15) is 16.8 Å². The number of rotatable bonds is 2. The number of hydrogen-bond donors (Lipinski definition) is 0. The van der Waals surface area contributed by atoms with Gasteiger partial charge in [0.15, 0.2) is 0 Å². The lowest BCUT2D eigenvalue weighted by Crippen LogP contribution is -2.31. The minimum Gasteiger partial charge on any atom is -0.276 e. The molecule has 1 aliphatic heterocycles. The lowest BCUT2D eigenvalue weighted by molar-refractivity contribution is -0.121. The van der Waals surface area contributed by atoms with Crippen molar-refractivity contribution in [1.29, 1.82) is 0 Å². The number of carbonyl (C=O) groups excluding carboxylic acids is 3. The molecular formula is C11H7Cl2NO3. The Bertz CT molecular complexity index is 515. The minimum atomic E-state index is -0.874. The minimum absolute atomic E-state index is 0.0643. The van der Waals surface area contributed by atoms with Crippen molar-refractivity contribution in [3.8, 4) is 0 Å². The summed E-state index contributed by atoms with van der Waals surface area (Å²) in [4.78, 5) is 35.5. The van der Waals surface area contributed by atoms with E-state index in [-0.39, 0.29) is 17.7 Å². The molecule has 4 nitrogen and oxygen atoms in total. The maximum Gasteiger partial charge on any atom is 0.254 e. The second-order valence-electron chi connectivity index (χ2n) is 3.53. The normalized spacial score (nSPS) is 19.9. The zero-order valence-corrected chi connectivity index (χ0v) is 10.0. The van der Waals surface area contributed by atoms with Crippen molar-refractivity contribution in [2.24, 2.45) is 0 Å².